The number of hydrazone groups is 1. The molecule has 2 aromatic rings. The number of nitrogens with one attached hydrogen (secondary N) is 1. The summed E-state index contributed by atoms with van der Waals surface area (Å²) in [6, 6.07) is 19.2. The third-order valence-corrected chi connectivity index (χ3v) is 3.08. The van der Waals surface area contributed by atoms with E-state index in [0.717, 1.165) is 0 Å². The van der Waals surface area contributed by atoms with Gasteiger partial charge in [0.25, 0.3) is 0 Å². The van der Waals surface area contributed by atoms with E-state index in [1.807, 2.05) is 6.07 Å². The lowest BCUT2D eigenvalue weighted by atomic mass is 9.99. The summed E-state index contributed by atoms with van der Waals surface area (Å²) in [6.45, 7) is 3.45. The van der Waals surface area contributed by atoms with Crippen molar-refractivity contribution in [1.82, 2.24) is 0 Å². The lowest BCUT2D eigenvalue weighted by molar-refractivity contribution is 0.105. The minimum atomic E-state index is -1.47. The quantitative estimate of drug-likeness (QED) is 0.372. The molecule has 0 amide bonds. The van der Waals surface area contributed by atoms with Crippen molar-refractivity contribution < 1.29 is 9.90 Å². The van der Waals surface area contributed by atoms with E-state index in [1.54, 1.807) is 60.7 Å². The van der Waals surface area contributed by atoms with Crippen molar-refractivity contribution in [2.75, 3.05) is 5.43 Å². The smallest absolute Gasteiger partial charge is 0.212 e. The van der Waals surface area contributed by atoms with Crippen molar-refractivity contribution in [2.45, 2.75) is 6.10 Å². The second kappa shape index (κ2) is 7.69. The molecule has 2 aromatic carbocycles. The van der Waals surface area contributed by atoms with Crippen LogP contribution in [0.5, 0.6) is 0 Å². The average Bonchev–Trinajstić information content (AvgIpc) is 2.62. The fraction of sp³-hybridized carbons (Fsp3) is 0.0556. The zero-order chi connectivity index (χ0) is 16.7. The Bertz CT molecular complexity index is 762. The van der Waals surface area contributed by atoms with Gasteiger partial charge in [0.05, 0.1) is 17.3 Å². The Morgan fingerprint density at radius 2 is 1.70 bits per heavy atom. The van der Waals surface area contributed by atoms with Gasteiger partial charge < -0.3 is 5.11 Å². The van der Waals surface area contributed by atoms with Gasteiger partial charge >= 0.3 is 0 Å². The van der Waals surface area contributed by atoms with Crippen LogP contribution in [-0.2, 0) is 0 Å². The van der Waals surface area contributed by atoms with Crippen LogP contribution in [0.25, 0.3) is 0 Å². The SMILES string of the molecule is C=C(C#N)[C@H](O)C(=NNc1ccccc1)C(=O)c1ccccc1. The summed E-state index contributed by atoms with van der Waals surface area (Å²) in [7, 11) is 0. The molecule has 0 spiro atoms. The van der Waals surface area contributed by atoms with Gasteiger partial charge in [0, 0.05) is 5.56 Å². The molecular weight excluding hydrogens is 290 g/mol. The second-order valence-corrected chi connectivity index (χ2v) is 4.71. The molecule has 0 bridgehead atoms. The molecule has 1 atom stereocenters. The summed E-state index contributed by atoms with van der Waals surface area (Å²) < 4.78 is 0. The van der Waals surface area contributed by atoms with E-state index in [0.29, 0.717) is 11.3 Å². The number of nitrogens with zero attached hydrogens (tertiary/aromatic N) is 2. The van der Waals surface area contributed by atoms with Crippen LogP contribution in [0.4, 0.5) is 5.69 Å². The lowest BCUT2D eigenvalue weighted by Gasteiger charge is -2.12. The maximum Gasteiger partial charge on any atom is 0.212 e. The summed E-state index contributed by atoms with van der Waals surface area (Å²) in [6.07, 6.45) is -1.47. The highest BCUT2D eigenvalue weighted by Gasteiger charge is 2.24. The van der Waals surface area contributed by atoms with Crippen molar-refractivity contribution >= 4 is 17.2 Å². The molecule has 0 aromatic heterocycles. The van der Waals surface area contributed by atoms with E-state index in [1.165, 1.54) is 0 Å². The van der Waals surface area contributed by atoms with Gasteiger partial charge in [-0.05, 0) is 12.1 Å². The van der Waals surface area contributed by atoms with Gasteiger partial charge in [-0.2, -0.15) is 10.4 Å². The van der Waals surface area contributed by atoms with Crippen molar-refractivity contribution in [3.8, 4) is 6.07 Å². The zero-order valence-corrected chi connectivity index (χ0v) is 12.3. The number of benzene rings is 2. The highest BCUT2D eigenvalue weighted by atomic mass is 16.3. The Labute approximate surface area is 134 Å². The molecule has 0 aliphatic carbocycles. The largest absolute Gasteiger partial charge is 0.381 e. The molecule has 0 saturated heterocycles. The van der Waals surface area contributed by atoms with E-state index in [9.17, 15) is 9.90 Å². The van der Waals surface area contributed by atoms with E-state index in [2.05, 4.69) is 17.1 Å². The number of para-hydroxylation sites is 1. The maximum absolute atomic E-state index is 12.5. The number of rotatable bonds is 6. The van der Waals surface area contributed by atoms with Crippen LogP contribution in [0, 0.1) is 11.3 Å². The second-order valence-electron chi connectivity index (χ2n) is 4.71. The van der Waals surface area contributed by atoms with Crippen LogP contribution in [0.15, 0.2) is 77.9 Å². The lowest BCUT2D eigenvalue weighted by Crippen LogP contribution is -2.31. The fourth-order valence-electron chi connectivity index (χ4n) is 1.84. The number of anilines is 1. The predicted octanol–water partition coefficient (Wildman–Crippen LogP) is 2.78. The monoisotopic (exact) mass is 305 g/mol. The number of hydrogen-bond acceptors (Lipinski definition) is 5. The van der Waals surface area contributed by atoms with Crippen molar-refractivity contribution in [3.63, 3.8) is 0 Å². The molecule has 23 heavy (non-hydrogen) atoms. The molecule has 2 rings (SSSR count). The summed E-state index contributed by atoms with van der Waals surface area (Å²) >= 11 is 0. The van der Waals surface area contributed by atoms with Crippen molar-refractivity contribution in [2.24, 2.45) is 5.10 Å². The molecule has 5 nitrogen and oxygen atoms in total. The van der Waals surface area contributed by atoms with Crippen LogP contribution in [0.3, 0.4) is 0 Å². The molecule has 0 radical (unpaired) electrons. The van der Waals surface area contributed by atoms with Crippen LogP contribution < -0.4 is 5.43 Å². The predicted molar refractivity (Wildman–Crippen MR) is 89.0 cm³/mol. The van der Waals surface area contributed by atoms with Gasteiger partial charge in [0.15, 0.2) is 0 Å². The number of aliphatic hydroxyl groups excluding tert-OH is 1. The number of Topliss-reactive ketones (excluding diaryl/α,β-unsaturated/α-hetero) is 1. The molecule has 114 valence electrons. The first-order chi connectivity index (χ1) is 11.1. The zero-order valence-electron chi connectivity index (χ0n) is 12.3. The molecule has 0 unspecified atom stereocenters. The Kier molecular flexibility index (Phi) is 5.40. The van der Waals surface area contributed by atoms with Gasteiger partial charge in [0.1, 0.15) is 11.8 Å². The Morgan fingerprint density at radius 1 is 1.13 bits per heavy atom. The summed E-state index contributed by atoms with van der Waals surface area (Å²) in [5.74, 6) is -0.474. The third kappa shape index (κ3) is 4.13. The Hall–Kier alpha value is -3.23. The highest BCUT2D eigenvalue weighted by molar-refractivity contribution is 6.48. The van der Waals surface area contributed by atoms with Crippen LogP contribution in [0.2, 0.25) is 0 Å². The third-order valence-electron chi connectivity index (χ3n) is 3.08. The molecule has 0 aliphatic rings. The maximum atomic E-state index is 12.5. The van der Waals surface area contributed by atoms with Crippen LogP contribution in [-0.4, -0.2) is 22.7 Å². The van der Waals surface area contributed by atoms with E-state index in [4.69, 9.17) is 5.26 Å². The molecule has 0 fully saturated rings. The van der Waals surface area contributed by atoms with Crippen LogP contribution in [0.1, 0.15) is 10.4 Å². The Morgan fingerprint density at radius 3 is 2.26 bits per heavy atom. The standard InChI is InChI=1S/C18H15N3O2/c1-13(12-19)17(22)16(18(23)14-8-4-2-5-9-14)21-20-15-10-6-3-7-11-15/h2-11,17,20,22H,1H2/t17-/m0/s1. The molecule has 5 heteroatoms. The molecule has 2 N–H and O–H groups in total. The van der Waals surface area contributed by atoms with E-state index < -0.39 is 11.9 Å². The Balaban J connectivity index is 2.34. The number of hydrogen-bond donors (Lipinski definition) is 2. The summed E-state index contributed by atoms with van der Waals surface area (Å²) in [4.78, 5) is 12.5. The van der Waals surface area contributed by atoms with Gasteiger partial charge in [-0.1, -0.05) is 55.1 Å². The number of nitriles is 1. The first-order valence-corrected chi connectivity index (χ1v) is 6.89. The summed E-state index contributed by atoms with van der Waals surface area (Å²) in [5, 5.41) is 23.1. The number of ketones is 1. The minimum absolute atomic E-state index is 0.150. The molecule has 0 heterocycles. The number of carbonyl (C=O) groups excluding carboxylic acids is 1. The summed E-state index contributed by atoms with van der Waals surface area (Å²) in [5.41, 5.74) is 3.39. The molecular formula is C18H15N3O2. The highest BCUT2D eigenvalue weighted by Crippen LogP contribution is 2.11. The van der Waals surface area contributed by atoms with Gasteiger partial charge in [-0.3, -0.25) is 10.2 Å². The first kappa shape index (κ1) is 16.1. The van der Waals surface area contributed by atoms with Gasteiger partial charge in [-0.25, -0.2) is 0 Å². The van der Waals surface area contributed by atoms with Crippen molar-refractivity contribution in [3.05, 3.63) is 78.4 Å². The number of aliphatic hydroxyl groups is 1. The normalized spacial score (nSPS) is 12.1. The van der Waals surface area contributed by atoms with E-state index >= 15 is 0 Å². The van der Waals surface area contributed by atoms with Gasteiger partial charge in [0.2, 0.25) is 5.78 Å². The number of carbonyl (C=O) groups is 1. The molecule has 0 saturated carbocycles. The average molecular weight is 305 g/mol. The van der Waals surface area contributed by atoms with Gasteiger partial charge in [-0.15, -0.1) is 0 Å². The van der Waals surface area contributed by atoms with Crippen molar-refractivity contribution in [1.29, 1.82) is 5.26 Å². The molecule has 0 aliphatic heterocycles. The minimum Gasteiger partial charge on any atom is -0.381 e. The fourth-order valence-corrected chi connectivity index (χ4v) is 1.84. The van der Waals surface area contributed by atoms with Crippen LogP contribution >= 0.6 is 0 Å². The first-order valence-electron chi connectivity index (χ1n) is 6.89. The van der Waals surface area contributed by atoms with E-state index in [-0.39, 0.29) is 11.3 Å². The topological polar surface area (TPSA) is 85.5 Å².